The van der Waals surface area contributed by atoms with Crippen LogP contribution in [0.2, 0.25) is 0 Å². The molecule has 0 radical (unpaired) electrons. The number of carbonyl (C=O) groups excluding carboxylic acids is 1. The zero-order chi connectivity index (χ0) is 19.4. The van der Waals surface area contributed by atoms with E-state index >= 15 is 0 Å². The average molecular weight is 382 g/mol. The molecule has 0 spiro atoms. The number of alkyl halides is 3. The van der Waals surface area contributed by atoms with E-state index in [1.165, 1.54) is 12.1 Å². The molecule has 1 saturated heterocycles. The van der Waals surface area contributed by atoms with Crippen molar-refractivity contribution in [2.24, 2.45) is 0 Å². The Bertz CT molecular complexity index is 783. The lowest BCUT2D eigenvalue weighted by atomic mass is 10.1. The van der Waals surface area contributed by atoms with Gasteiger partial charge >= 0.3 is 6.18 Å². The molecule has 1 aliphatic heterocycles. The van der Waals surface area contributed by atoms with Crippen LogP contribution in [0.1, 0.15) is 16.8 Å². The number of anilines is 1. The molecule has 0 bridgehead atoms. The second kappa shape index (κ2) is 8.10. The number of aryl methyl sites for hydroxylation is 1. The van der Waals surface area contributed by atoms with Crippen LogP contribution in [0.15, 0.2) is 34.9 Å². The van der Waals surface area contributed by atoms with Gasteiger partial charge in [-0.2, -0.15) is 13.2 Å². The molecule has 1 amide bonds. The molecule has 1 aromatic carbocycles. The quantitative estimate of drug-likeness (QED) is 0.862. The van der Waals surface area contributed by atoms with Gasteiger partial charge in [-0.05, 0) is 18.6 Å². The number of amides is 1. The van der Waals surface area contributed by atoms with Crippen molar-refractivity contribution in [3.63, 3.8) is 0 Å². The van der Waals surface area contributed by atoms with Crippen molar-refractivity contribution >= 4 is 11.8 Å². The van der Waals surface area contributed by atoms with E-state index in [-0.39, 0.29) is 12.5 Å². The number of piperazine rings is 1. The molecule has 1 N–H and O–H groups in total. The molecule has 6 nitrogen and oxygen atoms in total. The SMILES string of the molecule is Cc1cc(NC(=O)CN2CCN(Cc3cccc(C(F)(F)F)c3)CC2)on1. The van der Waals surface area contributed by atoms with Gasteiger partial charge in [0.1, 0.15) is 0 Å². The van der Waals surface area contributed by atoms with Crippen LogP contribution in [0.3, 0.4) is 0 Å². The van der Waals surface area contributed by atoms with E-state index in [1.54, 1.807) is 19.1 Å². The van der Waals surface area contributed by atoms with Crippen molar-refractivity contribution in [3.8, 4) is 0 Å². The van der Waals surface area contributed by atoms with Crippen molar-refractivity contribution in [3.05, 3.63) is 47.2 Å². The number of aromatic nitrogens is 1. The molecular weight excluding hydrogens is 361 g/mol. The zero-order valence-corrected chi connectivity index (χ0v) is 14.9. The van der Waals surface area contributed by atoms with E-state index < -0.39 is 11.7 Å². The summed E-state index contributed by atoms with van der Waals surface area (Å²) in [7, 11) is 0. The number of halogens is 3. The monoisotopic (exact) mass is 382 g/mol. The Balaban J connectivity index is 1.45. The normalized spacial score (nSPS) is 16.4. The first-order chi connectivity index (χ1) is 12.8. The molecule has 0 aliphatic carbocycles. The van der Waals surface area contributed by atoms with Crippen LogP contribution in [0.5, 0.6) is 0 Å². The first-order valence-corrected chi connectivity index (χ1v) is 8.63. The third-order valence-corrected chi connectivity index (χ3v) is 4.38. The van der Waals surface area contributed by atoms with E-state index in [0.29, 0.717) is 49.9 Å². The third-order valence-electron chi connectivity index (χ3n) is 4.38. The fourth-order valence-corrected chi connectivity index (χ4v) is 3.01. The first kappa shape index (κ1) is 19.4. The molecular formula is C18H21F3N4O2. The second-order valence-corrected chi connectivity index (χ2v) is 6.63. The highest BCUT2D eigenvalue weighted by Gasteiger charge is 2.30. The topological polar surface area (TPSA) is 61.6 Å². The van der Waals surface area contributed by atoms with Crippen molar-refractivity contribution < 1.29 is 22.5 Å². The number of nitrogens with one attached hydrogen (secondary N) is 1. The molecule has 1 aromatic heterocycles. The summed E-state index contributed by atoms with van der Waals surface area (Å²) in [6, 6.07) is 7.05. The molecule has 0 atom stereocenters. The first-order valence-electron chi connectivity index (χ1n) is 8.63. The Kier molecular flexibility index (Phi) is 5.81. The van der Waals surface area contributed by atoms with Gasteiger partial charge in [0.05, 0.1) is 17.8 Å². The van der Waals surface area contributed by atoms with Gasteiger partial charge in [0, 0.05) is 38.8 Å². The molecule has 146 valence electrons. The highest BCUT2D eigenvalue weighted by atomic mass is 19.4. The Hall–Kier alpha value is -2.39. The lowest BCUT2D eigenvalue weighted by Crippen LogP contribution is -2.48. The Morgan fingerprint density at radius 1 is 1.19 bits per heavy atom. The van der Waals surface area contributed by atoms with E-state index in [0.717, 1.165) is 6.07 Å². The smallest absolute Gasteiger partial charge is 0.338 e. The average Bonchev–Trinajstić information content (AvgIpc) is 3.01. The molecule has 0 unspecified atom stereocenters. The highest BCUT2D eigenvalue weighted by Crippen LogP contribution is 2.29. The van der Waals surface area contributed by atoms with Gasteiger partial charge < -0.3 is 4.52 Å². The molecule has 1 aliphatic rings. The summed E-state index contributed by atoms with van der Waals surface area (Å²) in [5.74, 6) is 0.137. The minimum Gasteiger partial charge on any atom is -0.338 e. The minimum atomic E-state index is -4.33. The lowest BCUT2D eigenvalue weighted by molar-refractivity contribution is -0.137. The minimum absolute atomic E-state index is 0.183. The van der Waals surface area contributed by atoms with Crippen molar-refractivity contribution in [1.29, 1.82) is 0 Å². The molecule has 9 heteroatoms. The van der Waals surface area contributed by atoms with E-state index in [1.807, 2.05) is 4.90 Å². The van der Waals surface area contributed by atoms with Gasteiger partial charge in [0.25, 0.3) is 0 Å². The Morgan fingerprint density at radius 3 is 2.52 bits per heavy atom. The van der Waals surface area contributed by atoms with Crippen LogP contribution in [-0.4, -0.2) is 53.6 Å². The van der Waals surface area contributed by atoms with Crippen LogP contribution < -0.4 is 5.32 Å². The van der Waals surface area contributed by atoms with Gasteiger partial charge in [-0.1, -0.05) is 23.4 Å². The van der Waals surface area contributed by atoms with Crippen LogP contribution >= 0.6 is 0 Å². The van der Waals surface area contributed by atoms with Gasteiger partial charge in [-0.25, -0.2) is 0 Å². The molecule has 1 fully saturated rings. The van der Waals surface area contributed by atoms with Crippen LogP contribution in [0.4, 0.5) is 19.1 Å². The predicted octanol–water partition coefficient (Wildman–Crippen LogP) is 2.76. The zero-order valence-electron chi connectivity index (χ0n) is 14.9. The second-order valence-electron chi connectivity index (χ2n) is 6.63. The van der Waals surface area contributed by atoms with Crippen LogP contribution in [0, 0.1) is 6.92 Å². The number of nitrogens with zero attached hydrogens (tertiary/aromatic N) is 3. The number of hydrogen-bond acceptors (Lipinski definition) is 5. The molecule has 27 heavy (non-hydrogen) atoms. The maximum Gasteiger partial charge on any atom is 0.416 e. The summed E-state index contributed by atoms with van der Waals surface area (Å²) in [4.78, 5) is 16.1. The van der Waals surface area contributed by atoms with Gasteiger partial charge in [-0.3, -0.25) is 19.9 Å². The Labute approximate surface area is 154 Å². The summed E-state index contributed by atoms with van der Waals surface area (Å²) in [6.07, 6.45) is -4.33. The summed E-state index contributed by atoms with van der Waals surface area (Å²) in [6.45, 7) is 5.17. The van der Waals surface area contributed by atoms with Gasteiger partial charge in [-0.15, -0.1) is 0 Å². The largest absolute Gasteiger partial charge is 0.416 e. The summed E-state index contributed by atoms with van der Waals surface area (Å²) in [5.41, 5.74) is 0.697. The maximum absolute atomic E-state index is 12.8. The lowest BCUT2D eigenvalue weighted by Gasteiger charge is -2.34. The van der Waals surface area contributed by atoms with Crippen molar-refractivity contribution in [1.82, 2.24) is 15.0 Å². The van der Waals surface area contributed by atoms with Crippen LogP contribution in [0.25, 0.3) is 0 Å². The molecule has 3 rings (SSSR count). The number of hydrogen-bond donors (Lipinski definition) is 1. The summed E-state index contributed by atoms with van der Waals surface area (Å²) >= 11 is 0. The van der Waals surface area contributed by atoms with E-state index in [2.05, 4.69) is 15.4 Å². The number of carbonyl (C=O) groups is 1. The number of rotatable bonds is 5. The summed E-state index contributed by atoms with van der Waals surface area (Å²) in [5, 5.41) is 6.36. The van der Waals surface area contributed by atoms with Crippen molar-refractivity contribution in [2.45, 2.75) is 19.6 Å². The molecule has 2 aromatic rings. The van der Waals surface area contributed by atoms with Crippen LogP contribution in [-0.2, 0) is 17.5 Å². The fraction of sp³-hybridized carbons (Fsp3) is 0.444. The standard InChI is InChI=1S/C18H21F3N4O2/c1-13-9-17(27-23-13)22-16(26)12-25-7-5-24(6-8-25)11-14-3-2-4-15(10-14)18(19,20)21/h2-4,9-10H,5-8,11-12H2,1H3,(H,22,26). The third kappa shape index (κ3) is 5.54. The summed E-state index contributed by atoms with van der Waals surface area (Å²) < 4.78 is 43.4. The number of benzene rings is 1. The Morgan fingerprint density at radius 2 is 1.89 bits per heavy atom. The van der Waals surface area contributed by atoms with E-state index in [4.69, 9.17) is 4.52 Å². The van der Waals surface area contributed by atoms with Gasteiger partial charge in [0.2, 0.25) is 11.8 Å². The van der Waals surface area contributed by atoms with Gasteiger partial charge in [0.15, 0.2) is 0 Å². The fourth-order valence-electron chi connectivity index (χ4n) is 3.01. The maximum atomic E-state index is 12.8. The molecule has 2 heterocycles. The predicted molar refractivity (Wildman–Crippen MR) is 93.0 cm³/mol. The molecule has 0 saturated carbocycles. The highest BCUT2D eigenvalue weighted by molar-refractivity contribution is 5.90. The van der Waals surface area contributed by atoms with E-state index in [9.17, 15) is 18.0 Å². The van der Waals surface area contributed by atoms with Crippen molar-refractivity contribution in [2.75, 3.05) is 38.0 Å².